The second-order valence-electron chi connectivity index (χ2n) is 4.72. The van der Waals surface area contributed by atoms with Crippen molar-refractivity contribution >= 4 is 35.0 Å². The predicted molar refractivity (Wildman–Crippen MR) is 75.3 cm³/mol. The number of fused-ring (bicyclic) bond motifs is 1. The average molecular weight is 282 g/mol. The van der Waals surface area contributed by atoms with E-state index < -0.39 is 0 Å². The molecule has 1 aromatic carbocycles. The van der Waals surface area contributed by atoms with Gasteiger partial charge in [0.1, 0.15) is 11.0 Å². The van der Waals surface area contributed by atoms with Crippen LogP contribution in [-0.4, -0.2) is 34.4 Å². The van der Waals surface area contributed by atoms with Crippen LogP contribution in [0.2, 0.25) is 0 Å². The van der Waals surface area contributed by atoms with Crippen molar-refractivity contribution in [2.45, 2.75) is 6.92 Å². The van der Waals surface area contributed by atoms with E-state index in [2.05, 4.69) is 26.0 Å². The number of nitrogens with zero attached hydrogens (tertiary/aromatic N) is 2. The van der Waals surface area contributed by atoms with E-state index >= 15 is 0 Å². The van der Waals surface area contributed by atoms with Gasteiger partial charge in [-0.3, -0.25) is 4.79 Å². The van der Waals surface area contributed by atoms with Crippen LogP contribution in [0.25, 0.3) is 11.0 Å². The third kappa shape index (κ3) is 2.69. The van der Waals surface area contributed by atoms with Crippen molar-refractivity contribution in [3.05, 3.63) is 18.2 Å². The van der Waals surface area contributed by atoms with E-state index in [0.717, 1.165) is 29.8 Å². The fraction of sp³-hybridized carbons (Fsp3) is 0.417. The predicted octanol–water partition coefficient (Wildman–Crippen LogP) is 1.17. The monoisotopic (exact) mass is 281 g/mol. The Morgan fingerprint density at radius 1 is 1.37 bits per heavy atom. The minimum absolute atomic E-state index is 0. The summed E-state index contributed by atoms with van der Waals surface area (Å²) in [6.45, 7) is 3.82. The quantitative estimate of drug-likeness (QED) is 0.789. The molecular formula is C12H16ClN5O. The van der Waals surface area contributed by atoms with Crippen LogP contribution < -0.4 is 10.6 Å². The van der Waals surface area contributed by atoms with Gasteiger partial charge in [0.25, 0.3) is 0 Å². The fourth-order valence-electron chi connectivity index (χ4n) is 2.05. The molecule has 1 aromatic heterocycles. The number of hydrogen-bond donors (Lipinski definition) is 3. The molecule has 1 saturated heterocycles. The maximum absolute atomic E-state index is 12.0. The van der Waals surface area contributed by atoms with Gasteiger partial charge in [0.15, 0.2) is 0 Å². The first-order valence-electron chi connectivity index (χ1n) is 6.06. The van der Waals surface area contributed by atoms with E-state index in [1.807, 2.05) is 25.1 Å². The topological polar surface area (TPSA) is 82.7 Å². The van der Waals surface area contributed by atoms with E-state index in [1.165, 1.54) is 0 Å². The van der Waals surface area contributed by atoms with Gasteiger partial charge >= 0.3 is 0 Å². The first-order chi connectivity index (χ1) is 8.74. The summed E-state index contributed by atoms with van der Waals surface area (Å²) < 4.78 is 0. The van der Waals surface area contributed by atoms with Crippen LogP contribution in [0.5, 0.6) is 0 Å². The lowest BCUT2D eigenvalue weighted by Crippen LogP contribution is -2.48. The summed E-state index contributed by atoms with van der Waals surface area (Å²) in [5, 5.41) is 16.6. The van der Waals surface area contributed by atoms with Crippen LogP contribution in [0.1, 0.15) is 6.92 Å². The summed E-state index contributed by atoms with van der Waals surface area (Å²) in [5.74, 6) is 0.532. The van der Waals surface area contributed by atoms with Gasteiger partial charge in [-0.05, 0) is 37.2 Å². The SMILES string of the molecule is CC(C(=O)Nc1ccc2n[nH]nc2c1)C1CNC1.Cl. The second-order valence-corrected chi connectivity index (χ2v) is 4.72. The molecule has 0 bridgehead atoms. The van der Waals surface area contributed by atoms with Crippen molar-refractivity contribution < 1.29 is 4.79 Å². The highest BCUT2D eigenvalue weighted by Gasteiger charge is 2.28. The number of carbonyl (C=O) groups is 1. The van der Waals surface area contributed by atoms with Gasteiger partial charge in [0.2, 0.25) is 5.91 Å². The van der Waals surface area contributed by atoms with Crippen LogP contribution in [0.4, 0.5) is 5.69 Å². The first-order valence-corrected chi connectivity index (χ1v) is 6.06. The van der Waals surface area contributed by atoms with Crippen LogP contribution in [0.15, 0.2) is 18.2 Å². The Bertz CT molecular complexity index is 580. The minimum atomic E-state index is 0. The van der Waals surface area contributed by atoms with Crippen molar-refractivity contribution in [3.8, 4) is 0 Å². The number of halogens is 1. The van der Waals surface area contributed by atoms with Crippen LogP contribution in [-0.2, 0) is 4.79 Å². The van der Waals surface area contributed by atoms with Crippen molar-refractivity contribution in [3.63, 3.8) is 0 Å². The van der Waals surface area contributed by atoms with Gasteiger partial charge in [0, 0.05) is 11.6 Å². The maximum atomic E-state index is 12.0. The molecule has 0 aliphatic carbocycles. The summed E-state index contributed by atoms with van der Waals surface area (Å²) in [6.07, 6.45) is 0. The zero-order valence-electron chi connectivity index (χ0n) is 10.5. The lowest BCUT2D eigenvalue weighted by Gasteiger charge is -2.31. The molecule has 0 spiro atoms. The Hall–Kier alpha value is -1.66. The van der Waals surface area contributed by atoms with Crippen molar-refractivity contribution in [2.75, 3.05) is 18.4 Å². The summed E-state index contributed by atoms with van der Waals surface area (Å²) in [4.78, 5) is 12.0. The molecule has 1 unspecified atom stereocenters. The molecule has 1 aliphatic rings. The summed E-state index contributed by atoms with van der Waals surface area (Å²) in [6, 6.07) is 5.50. The fourth-order valence-corrected chi connectivity index (χ4v) is 2.05. The minimum Gasteiger partial charge on any atom is -0.326 e. The maximum Gasteiger partial charge on any atom is 0.227 e. The lowest BCUT2D eigenvalue weighted by atomic mass is 9.88. The third-order valence-corrected chi connectivity index (χ3v) is 3.52. The van der Waals surface area contributed by atoms with Crippen molar-refractivity contribution in [1.82, 2.24) is 20.7 Å². The number of rotatable bonds is 3. The van der Waals surface area contributed by atoms with Gasteiger partial charge < -0.3 is 10.6 Å². The number of carbonyl (C=O) groups excluding carboxylic acids is 1. The first kappa shape index (κ1) is 13.8. The molecule has 6 nitrogen and oxygen atoms in total. The average Bonchev–Trinajstić information content (AvgIpc) is 2.73. The highest BCUT2D eigenvalue weighted by molar-refractivity contribution is 5.94. The Morgan fingerprint density at radius 2 is 2.11 bits per heavy atom. The zero-order chi connectivity index (χ0) is 12.5. The van der Waals surface area contributed by atoms with Gasteiger partial charge in [-0.1, -0.05) is 6.92 Å². The summed E-state index contributed by atoms with van der Waals surface area (Å²) in [7, 11) is 0. The molecular weight excluding hydrogens is 266 g/mol. The molecule has 1 fully saturated rings. The number of nitrogens with one attached hydrogen (secondary N) is 3. The number of H-pyrrole nitrogens is 1. The highest BCUT2D eigenvalue weighted by atomic mass is 35.5. The number of aromatic nitrogens is 3. The van der Waals surface area contributed by atoms with E-state index in [0.29, 0.717) is 5.92 Å². The van der Waals surface area contributed by atoms with E-state index in [-0.39, 0.29) is 24.2 Å². The summed E-state index contributed by atoms with van der Waals surface area (Å²) >= 11 is 0. The largest absolute Gasteiger partial charge is 0.326 e. The van der Waals surface area contributed by atoms with E-state index in [9.17, 15) is 4.79 Å². The molecule has 1 amide bonds. The normalized spacial score (nSPS) is 16.5. The van der Waals surface area contributed by atoms with Crippen molar-refractivity contribution in [1.29, 1.82) is 0 Å². The molecule has 102 valence electrons. The van der Waals surface area contributed by atoms with Crippen LogP contribution in [0, 0.1) is 11.8 Å². The molecule has 0 saturated carbocycles. The Morgan fingerprint density at radius 3 is 2.79 bits per heavy atom. The van der Waals surface area contributed by atoms with Gasteiger partial charge in [-0.25, -0.2) is 0 Å². The Labute approximate surface area is 116 Å². The number of benzene rings is 1. The molecule has 7 heteroatoms. The van der Waals surface area contributed by atoms with Gasteiger partial charge in [0.05, 0.1) is 0 Å². The standard InChI is InChI=1S/C12H15N5O.ClH/c1-7(8-5-13-6-8)12(18)14-9-2-3-10-11(4-9)16-17-15-10;/h2-4,7-8,13H,5-6H2,1H3,(H,14,18)(H,15,16,17);1H. The highest BCUT2D eigenvalue weighted by Crippen LogP contribution is 2.20. The molecule has 2 aromatic rings. The Kier molecular flexibility index (Phi) is 4.01. The number of anilines is 1. The molecule has 19 heavy (non-hydrogen) atoms. The molecule has 1 atom stereocenters. The van der Waals surface area contributed by atoms with Crippen LogP contribution in [0.3, 0.4) is 0 Å². The third-order valence-electron chi connectivity index (χ3n) is 3.52. The molecule has 3 rings (SSSR count). The van der Waals surface area contributed by atoms with E-state index in [4.69, 9.17) is 0 Å². The van der Waals surface area contributed by atoms with Crippen LogP contribution >= 0.6 is 12.4 Å². The molecule has 3 N–H and O–H groups in total. The zero-order valence-corrected chi connectivity index (χ0v) is 11.3. The lowest BCUT2D eigenvalue weighted by molar-refractivity contribution is -0.121. The molecule has 1 aliphatic heterocycles. The summed E-state index contributed by atoms with van der Waals surface area (Å²) in [5.41, 5.74) is 2.32. The molecule has 2 heterocycles. The number of aromatic amines is 1. The smallest absolute Gasteiger partial charge is 0.227 e. The second kappa shape index (κ2) is 5.54. The number of amides is 1. The van der Waals surface area contributed by atoms with Gasteiger partial charge in [-0.2, -0.15) is 15.4 Å². The number of hydrogen-bond acceptors (Lipinski definition) is 4. The van der Waals surface area contributed by atoms with Gasteiger partial charge in [-0.15, -0.1) is 12.4 Å². The Balaban J connectivity index is 0.00000133. The molecule has 0 radical (unpaired) electrons. The van der Waals surface area contributed by atoms with Crippen molar-refractivity contribution in [2.24, 2.45) is 11.8 Å². The van der Waals surface area contributed by atoms with E-state index in [1.54, 1.807) is 0 Å².